The first-order valence-electron chi connectivity index (χ1n) is 11.7. The van der Waals surface area contributed by atoms with Crippen LogP contribution in [0.15, 0.2) is 0 Å². The summed E-state index contributed by atoms with van der Waals surface area (Å²) in [6, 6.07) is 0. The summed E-state index contributed by atoms with van der Waals surface area (Å²) in [6.45, 7) is 5.40. The van der Waals surface area contributed by atoms with Gasteiger partial charge < -0.3 is 39.5 Å². The molecule has 0 aromatic heterocycles. The second-order valence-corrected chi connectivity index (χ2v) is 10.5. The van der Waals surface area contributed by atoms with Crippen LogP contribution < -0.4 is 11.1 Å². The quantitative estimate of drug-likeness (QED) is 0.112. The van der Waals surface area contributed by atoms with Gasteiger partial charge in [-0.25, -0.2) is 0 Å². The van der Waals surface area contributed by atoms with Crippen molar-refractivity contribution in [2.75, 3.05) is 37.8 Å². The molecular weight excluding hydrogens is 532 g/mol. The second kappa shape index (κ2) is 18.2. The van der Waals surface area contributed by atoms with E-state index in [9.17, 15) is 24.0 Å². The number of hydrogen-bond donors (Lipinski definition) is 2. The van der Waals surface area contributed by atoms with Crippen molar-refractivity contribution in [1.29, 1.82) is 0 Å². The summed E-state index contributed by atoms with van der Waals surface area (Å²) in [5, 5.41) is 2.80. The predicted molar refractivity (Wildman–Crippen MR) is 134 cm³/mol. The Morgan fingerprint density at radius 3 is 2.03 bits per heavy atom. The van der Waals surface area contributed by atoms with Gasteiger partial charge in [-0.05, 0) is 6.42 Å². The minimum Gasteiger partial charge on any atom is -0.463 e. The van der Waals surface area contributed by atoms with E-state index in [4.69, 9.17) is 34.2 Å². The van der Waals surface area contributed by atoms with Crippen molar-refractivity contribution in [2.45, 2.75) is 71.2 Å². The van der Waals surface area contributed by atoms with Crippen molar-refractivity contribution >= 4 is 51.4 Å². The number of rotatable bonds is 16. The zero-order valence-electron chi connectivity index (χ0n) is 21.4. The Hall–Kier alpha value is -2.07. The number of carbonyl (C=O) groups excluding carboxylic acids is 5. The summed E-state index contributed by atoms with van der Waals surface area (Å²) in [7, 11) is 3.27. The first kappa shape index (κ1) is 33.0. The molecule has 0 saturated carbocycles. The van der Waals surface area contributed by atoms with Crippen LogP contribution in [-0.2, 0) is 52.4 Å². The van der Waals surface area contributed by atoms with Gasteiger partial charge in [0, 0.05) is 58.7 Å². The number of nitrogens with one attached hydrogen (secondary N) is 1. The lowest BCUT2D eigenvalue weighted by atomic mass is 9.98. The van der Waals surface area contributed by atoms with Crippen LogP contribution in [0.25, 0.3) is 0 Å². The molecule has 1 rings (SSSR count). The lowest BCUT2D eigenvalue weighted by Crippen LogP contribution is -2.63. The fraction of sp³-hybridized carbons (Fsp3) is 0.773. The van der Waals surface area contributed by atoms with Gasteiger partial charge in [-0.1, -0.05) is 21.6 Å². The molecule has 0 spiro atoms. The van der Waals surface area contributed by atoms with E-state index in [1.54, 1.807) is 21.6 Å². The Morgan fingerprint density at radius 1 is 0.838 bits per heavy atom. The summed E-state index contributed by atoms with van der Waals surface area (Å²) in [4.78, 5) is 58.8. The largest absolute Gasteiger partial charge is 0.463 e. The van der Waals surface area contributed by atoms with E-state index < -0.39 is 54.6 Å². The third kappa shape index (κ3) is 13.9. The van der Waals surface area contributed by atoms with Crippen LogP contribution in [-0.4, -0.2) is 98.3 Å². The van der Waals surface area contributed by atoms with Crippen molar-refractivity contribution in [3.63, 3.8) is 0 Å². The summed E-state index contributed by atoms with van der Waals surface area (Å²) in [5.74, 6) is -1.36. The molecule has 5 atom stereocenters. The molecule has 0 unspecified atom stereocenters. The Balaban J connectivity index is 2.83. The third-order valence-electron chi connectivity index (χ3n) is 4.57. The monoisotopic (exact) mass is 568 g/mol. The van der Waals surface area contributed by atoms with E-state index in [2.05, 4.69) is 5.32 Å². The molecule has 1 saturated heterocycles. The molecule has 212 valence electrons. The van der Waals surface area contributed by atoms with Gasteiger partial charge in [0.15, 0.2) is 24.6 Å². The standard InChI is InChI=1S/C22H36N2O11S2/c1-13(25)31-12-17-19(32-14(2)26)20(33-15(3)27)21(34-16(4)28)22(35-17)30-9-5-6-18(29)24-8-11-37-36-10-7-23/h17,19-22H,5-12,23H2,1-4H3,(H,24,29)/t17-,19-,20+,21+,22+/m1/s1. The number of esters is 4. The number of hydrogen-bond acceptors (Lipinski definition) is 14. The summed E-state index contributed by atoms with van der Waals surface area (Å²) < 4.78 is 32.6. The SMILES string of the molecule is CC(=O)OC[C@H]1O[C@H](OCCCC(=O)NCCSSCCN)[C@@H](OC(C)=O)[C@@H](OC(C)=O)[C@@H]1OC(C)=O. The van der Waals surface area contributed by atoms with E-state index in [1.807, 2.05) is 0 Å². The van der Waals surface area contributed by atoms with Gasteiger partial charge in [-0.15, -0.1) is 0 Å². The van der Waals surface area contributed by atoms with Crippen LogP contribution in [0.2, 0.25) is 0 Å². The van der Waals surface area contributed by atoms with Gasteiger partial charge in [0.1, 0.15) is 12.7 Å². The van der Waals surface area contributed by atoms with Crippen LogP contribution in [0.4, 0.5) is 0 Å². The number of carbonyl (C=O) groups is 5. The smallest absolute Gasteiger partial charge is 0.303 e. The number of amides is 1. The maximum atomic E-state index is 12.1. The highest BCUT2D eigenvalue weighted by molar-refractivity contribution is 8.76. The van der Waals surface area contributed by atoms with Gasteiger partial charge in [0.2, 0.25) is 5.91 Å². The van der Waals surface area contributed by atoms with Gasteiger partial charge in [0.25, 0.3) is 0 Å². The highest BCUT2D eigenvalue weighted by Crippen LogP contribution is 2.30. The van der Waals surface area contributed by atoms with Crippen molar-refractivity contribution in [3.05, 3.63) is 0 Å². The highest BCUT2D eigenvalue weighted by Gasteiger charge is 2.52. The first-order valence-corrected chi connectivity index (χ1v) is 14.2. The Bertz CT molecular complexity index is 771. The first-order chi connectivity index (χ1) is 17.5. The zero-order valence-corrected chi connectivity index (χ0v) is 23.1. The van der Waals surface area contributed by atoms with Crippen LogP contribution >= 0.6 is 21.6 Å². The van der Waals surface area contributed by atoms with Gasteiger partial charge >= 0.3 is 23.9 Å². The van der Waals surface area contributed by atoms with Gasteiger partial charge in [-0.3, -0.25) is 24.0 Å². The molecule has 0 aliphatic carbocycles. The van der Waals surface area contributed by atoms with Crippen LogP contribution in [0.5, 0.6) is 0 Å². The fourth-order valence-electron chi connectivity index (χ4n) is 3.24. The molecule has 0 aromatic carbocycles. The lowest BCUT2D eigenvalue weighted by molar-refractivity contribution is -0.308. The molecule has 1 aliphatic rings. The molecule has 1 heterocycles. The Kier molecular flexibility index (Phi) is 16.2. The molecule has 1 amide bonds. The minimum absolute atomic E-state index is 0.0300. The topological polar surface area (TPSA) is 179 Å². The van der Waals surface area contributed by atoms with E-state index in [0.29, 0.717) is 19.5 Å². The molecule has 0 bridgehead atoms. The van der Waals surface area contributed by atoms with Gasteiger partial charge in [0.05, 0.1) is 6.61 Å². The minimum atomic E-state index is -1.30. The fourth-order valence-corrected chi connectivity index (χ4v) is 5.00. The third-order valence-corrected chi connectivity index (χ3v) is 7.01. The summed E-state index contributed by atoms with van der Waals surface area (Å²) >= 11 is 0. The van der Waals surface area contributed by atoms with Crippen molar-refractivity contribution < 1.29 is 52.4 Å². The maximum Gasteiger partial charge on any atom is 0.303 e. The predicted octanol–water partition coefficient (Wildman–Crippen LogP) is 0.323. The van der Waals surface area contributed by atoms with Crippen LogP contribution in [0.1, 0.15) is 40.5 Å². The van der Waals surface area contributed by atoms with E-state index in [0.717, 1.165) is 32.3 Å². The molecule has 13 nitrogen and oxygen atoms in total. The average molecular weight is 569 g/mol. The molecule has 3 N–H and O–H groups in total. The van der Waals surface area contributed by atoms with E-state index in [1.165, 1.54) is 6.92 Å². The van der Waals surface area contributed by atoms with Crippen molar-refractivity contribution in [3.8, 4) is 0 Å². The Labute approximate surface area is 223 Å². The molecular formula is C22H36N2O11S2. The van der Waals surface area contributed by atoms with Crippen molar-refractivity contribution in [1.82, 2.24) is 5.32 Å². The molecule has 1 fully saturated rings. The number of ether oxygens (including phenoxy) is 6. The van der Waals surface area contributed by atoms with E-state index in [-0.39, 0.29) is 25.5 Å². The maximum absolute atomic E-state index is 12.1. The molecule has 1 aliphatic heterocycles. The number of nitrogens with two attached hydrogens (primary N) is 1. The molecule has 0 radical (unpaired) electrons. The summed E-state index contributed by atoms with van der Waals surface area (Å²) in [6.07, 6.45) is -5.72. The average Bonchev–Trinajstić information content (AvgIpc) is 2.80. The molecule has 15 heteroatoms. The summed E-state index contributed by atoms with van der Waals surface area (Å²) in [5.41, 5.74) is 5.42. The Morgan fingerprint density at radius 2 is 1.43 bits per heavy atom. The van der Waals surface area contributed by atoms with E-state index >= 15 is 0 Å². The normalized spacial score (nSPS) is 23.0. The van der Waals surface area contributed by atoms with Gasteiger partial charge in [-0.2, -0.15) is 0 Å². The zero-order chi connectivity index (χ0) is 27.8. The molecule has 37 heavy (non-hydrogen) atoms. The van der Waals surface area contributed by atoms with Crippen LogP contribution in [0, 0.1) is 0 Å². The van der Waals surface area contributed by atoms with Crippen LogP contribution in [0.3, 0.4) is 0 Å². The van der Waals surface area contributed by atoms with Crippen molar-refractivity contribution in [2.24, 2.45) is 5.73 Å². The molecule has 0 aromatic rings. The lowest BCUT2D eigenvalue weighted by Gasteiger charge is -2.44. The highest BCUT2D eigenvalue weighted by atomic mass is 33.1. The second-order valence-electron chi connectivity index (χ2n) is 7.82.